The summed E-state index contributed by atoms with van der Waals surface area (Å²) in [6.07, 6.45) is 1.55. The quantitative estimate of drug-likeness (QED) is 0.564. The molecular formula is C19H18N4O3. The number of carbonyl (C=O) groups is 1. The minimum Gasteiger partial charge on any atom is -0.348 e. The molecule has 0 aliphatic rings. The van der Waals surface area contributed by atoms with Crippen LogP contribution in [-0.2, 0) is 6.54 Å². The van der Waals surface area contributed by atoms with Gasteiger partial charge in [-0.3, -0.25) is 14.9 Å². The van der Waals surface area contributed by atoms with E-state index in [0.29, 0.717) is 5.56 Å². The standard InChI is InChI=1S/C19H18N4O3/c1-13-5-3-4-6-18(13)22-14(2)17(12-21-22)19(24)20-11-15-7-9-16(10-8-15)23(25)26/h3-10,12H,11H2,1-2H3,(H,20,24). The fourth-order valence-corrected chi connectivity index (χ4v) is 2.69. The average molecular weight is 350 g/mol. The van der Waals surface area contributed by atoms with Gasteiger partial charge in [0.25, 0.3) is 11.6 Å². The molecule has 7 heteroatoms. The van der Waals surface area contributed by atoms with E-state index in [1.54, 1.807) is 23.0 Å². The molecule has 0 radical (unpaired) electrons. The Hall–Kier alpha value is -3.48. The van der Waals surface area contributed by atoms with Gasteiger partial charge in [0.15, 0.2) is 0 Å². The van der Waals surface area contributed by atoms with E-state index in [1.807, 2.05) is 38.1 Å². The molecule has 3 rings (SSSR count). The molecule has 1 N–H and O–H groups in total. The van der Waals surface area contributed by atoms with Crippen molar-refractivity contribution in [1.29, 1.82) is 0 Å². The first-order chi connectivity index (χ1) is 12.5. The van der Waals surface area contributed by atoms with Gasteiger partial charge in [-0.15, -0.1) is 0 Å². The molecule has 132 valence electrons. The summed E-state index contributed by atoms with van der Waals surface area (Å²) in [7, 11) is 0. The second-order valence-electron chi connectivity index (χ2n) is 5.95. The summed E-state index contributed by atoms with van der Waals surface area (Å²) in [5.41, 5.74) is 4.05. The largest absolute Gasteiger partial charge is 0.348 e. The van der Waals surface area contributed by atoms with Gasteiger partial charge in [-0.1, -0.05) is 30.3 Å². The van der Waals surface area contributed by atoms with Crippen LogP contribution in [0.5, 0.6) is 0 Å². The number of nitrogens with one attached hydrogen (secondary N) is 1. The predicted molar refractivity (Wildman–Crippen MR) is 97.3 cm³/mol. The number of benzene rings is 2. The lowest BCUT2D eigenvalue weighted by Gasteiger charge is -2.09. The van der Waals surface area contributed by atoms with E-state index in [0.717, 1.165) is 22.5 Å². The van der Waals surface area contributed by atoms with Crippen molar-refractivity contribution in [2.45, 2.75) is 20.4 Å². The third kappa shape index (κ3) is 3.46. The van der Waals surface area contributed by atoms with E-state index in [1.165, 1.54) is 12.1 Å². The zero-order chi connectivity index (χ0) is 18.7. The van der Waals surface area contributed by atoms with Gasteiger partial charge in [0, 0.05) is 18.7 Å². The summed E-state index contributed by atoms with van der Waals surface area (Å²) in [5.74, 6) is -0.235. The average Bonchev–Trinajstić information content (AvgIpc) is 3.02. The number of hydrogen-bond donors (Lipinski definition) is 1. The summed E-state index contributed by atoms with van der Waals surface area (Å²) in [5, 5.41) is 17.8. The molecule has 3 aromatic rings. The van der Waals surface area contributed by atoms with Gasteiger partial charge in [0.1, 0.15) is 0 Å². The highest BCUT2D eigenvalue weighted by atomic mass is 16.6. The molecule has 1 aromatic heterocycles. The number of nitro groups is 1. The Kier molecular flexibility index (Phi) is 4.79. The molecular weight excluding hydrogens is 332 g/mol. The maximum absolute atomic E-state index is 12.5. The number of amides is 1. The van der Waals surface area contributed by atoms with Crippen LogP contribution in [0, 0.1) is 24.0 Å². The minimum atomic E-state index is -0.453. The number of aryl methyl sites for hydroxylation is 1. The van der Waals surface area contributed by atoms with Crippen LogP contribution in [0.2, 0.25) is 0 Å². The highest BCUT2D eigenvalue weighted by Crippen LogP contribution is 2.18. The number of carbonyl (C=O) groups excluding carboxylic acids is 1. The lowest BCUT2D eigenvalue weighted by atomic mass is 10.2. The van der Waals surface area contributed by atoms with Crippen molar-refractivity contribution in [2.24, 2.45) is 0 Å². The first-order valence-corrected chi connectivity index (χ1v) is 8.09. The van der Waals surface area contributed by atoms with Gasteiger partial charge in [-0.05, 0) is 31.0 Å². The molecule has 0 saturated carbocycles. The predicted octanol–water partition coefficient (Wildman–Crippen LogP) is 3.33. The van der Waals surface area contributed by atoms with Gasteiger partial charge in [0.2, 0.25) is 0 Å². The molecule has 0 spiro atoms. The maximum Gasteiger partial charge on any atom is 0.269 e. The number of aromatic nitrogens is 2. The van der Waals surface area contributed by atoms with Crippen molar-refractivity contribution in [2.75, 3.05) is 0 Å². The fourth-order valence-electron chi connectivity index (χ4n) is 2.69. The van der Waals surface area contributed by atoms with Crippen LogP contribution in [0.1, 0.15) is 27.2 Å². The molecule has 0 aliphatic heterocycles. The first kappa shape index (κ1) is 17.3. The SMILES string of the molecule is Cc1ccccc1-n1ncc(C(=O)NCc2ccc([N+](=O)[O-])cc2)c1C. The van der Waals surface area contributed by atoms with Crippen LogP contribution in [0.3, 0.4) is 0 Å². The van der Waals surface area contributed by atoms with Crippen LogP contribution in [0.15, 0.2) is 54.7 Å². The molecule has 0 atom stereocenters. The molecule has 0 unspecified atom stereocenters. The number of nitro benzene ring substituents is 1. The number of hydrogen-bond acceptors (Lipinski definition) is 4. The summed E-state index contributed by atoms with van der Waals surface area (Å²) in [6, 6.07) is 13.9. The van der Waals surface area contributed by atoms with Gasteiger partial charge in [-0.2, -0.15) is 5.10 Å². The van der Waals surface area contributed by atoms with Crippen LogP contribution < -0.4 is 5.32 Å². The Bertz CT molecular complexity index is 961. The topological polar surface area (TPSA) is 90.1 Å². The molecule has 7 nitrogen and oxygen atoms in total. The molecule has 0 fully saturated rings. The van der Waals surface area contributed by atoms with Crippen molar-refractivity contribution in [3.05, 3.63) is 87.2 Å². The minimum absolute atomic E-state index is 0.0235. The third-order valence-electron chi connectivity index (χ3n) is 4.20. The second kappa shape index (κ2) is 7.18. The summed E-state index contributed by atoms with van der Waals surface area (Å²) in [6.45, 7) is 4.12. The first-order valence-electron chi connectivity index (χ1n) is 8.09. The third-order valence-corrected chi connectivity index (χ3v) is 4.20. The lowest BCUT2D eigenvalue weighted by molar-refractivity contribution is -0.384. The summed E-state index contributed by atoms with van der Waals surface area (Å²) < 4.78 is 1.75. The van der Waals surface area contributed by atoms with Crippen molar-refractivity contribution in [1.82, 2.24) is 15.1 Å². The Morgan fingerprint density at radius 2 is 1.85 bits per heavy atom. The van der Waals surface area contributed by atoms with Crippen LogP contribution in [0.4, 0.5) is 5.69 Å². The summed E-state index contributed by atoms with van der Waals surface area (Å²) >= 11 is 0. The molecule has 26 heavy (non-hydrogen) atoms. The van der Waals surface area contributed by atoms with E-state index in [9.17, 15) is 14.9 Å². The number of para-hydroxylation sites is 1. The van der Waals surface area contributed by atoms with Crippen molar-refractivity contribution < 1.29 is 9.72 Å². The zero-order valence-electron chi connectivity index (χ0n) is 14.5. The van der Waals surface area contributed by atoms with E-state index in [-0.39, 0.29) is 18.1 Å². The van der Waals surface area contributed by atoms with Gasteiger partial charge in [0.05, 0.1) is 28.1 Å². The highest BCUT2D eigenvalue weighted by molar-refractivity contribution is 5.95. The molecule has 2 aromatic carbocycles. The molecule has 0 bridgehead atoms. The Morgan fingerprint density at radius 3 is 2.50 bits per heavy atom. The summed E-state index contributed by atoms with van der Waals surface area (Å²) in [4.78, 5) is 22.7. The van der Waals surface area contributed by atoms with Crippen LogP contribution in [-0.4, -0.2) is 20.6 Å². The molecule has 0 saturated heterocycles. The zero-order valence-corrected chi connectivity index (χ0v) is 14.5. The van der Waals surface area contributed by atoms with Gasteiger partial charge < -0.3 is 5.32 Å². The van der Waals surface area contributed by atoms with Gasteiger partial charge in [-0.25, -0.2) is 4.68 Å². The van der Waals surface area contributed by atoms with Crippen molar-refractivity contribution >= 4 is 11.6 Å². The monoisotopic (exact) mass is 350 g/mol. The molecule has 1 amide bonds. The molecule has 0 aliphatic carbocycles. The van der Waals surface area contributed by atoms with Crippen LogP contribution >= 0.6 is 0 Å². The normalized spacial score (nSPS) is 10.5. The smallest absolute Gasteiger partial charge is 0.269 e. The number of non-ortho nitro benzene ring substituents is 1. The fraction of sp³-hybridized carbons (Fsp3) is 0.158. The highest BCUT2D eigenvalue weighted by Gasteiger charge is 2.16. The van der Waals surface area contributed by atoms with E-state index in [4.69, 9.17) is 0 Å². The Morgan fingerprint density at radius 1 is 1.15 bits per heavy atom. The van der Waals surface area contributed by atoms with E-state index < -0.39 is 4.92 Å². The van der Waals surface area contributed by atoms with E-state index >= 15 is 0 Å². The second-order valence-corrected chi connectivity index (χ2v) is 5.95. The lowest BCUT2D eigenvalue weighted by Crippen LogP contribution is -2.23. The Balaban J connectivity index is 1.73. The van der Waals surface area contributed by atoms with Crippen molar-refractivity contribution in [3.63, 3.8) is 0 Å². The number of nitrogens with zero attached hydrogens (tertiary/aromatic N) is 3. The molecule has 1 heterocycles. The maximum atomic E-state index is 12.5. The van der Waals surface area contributed by atoms with E-state index in [2.05, 4.69) is 10.4 Å². The van der Waals surface area contributed by atoms with Gasteiger partial charge >= 0.3 is 0 Å². The van der Waals surface area contributed by atoms with Crippen LogP contribution in [0.25, 0.3) is 5.69 Å². The van der Waals surface area contributed by atoms with Crippen molar-refractivity contribution in [3.8, 4) is 5.69 Å². The Labute approximate surface area is 150 Å². The number of rotatable bonds is 5.